The van der Waals surface area contributed by atoms with Crippen molar-refractivity contribution in [3.63, 3.8) is 0 Å². The van der Waals surface area contributed by atoms with E-state index in [1.165, 1.54) is 0 Å². The average molecular weight is 400 g/mol. The van der Waals surface area contributed by atoms with Crippen molar-refractivity contribution in [3.8, 4) is 0 Å². The van der Waals surface area contributed by atoms with Crippen molar-refractivity contribution < 1.29 is 38.6 Å². The van der Waals surface area contributed by atoms with Crippen molar-refractivity contribution in [1.29, 1.82) is 0 Å². The van der Waals surface area contributed by atoms with Gasteiger partial charge >= 0.3 is 13.8 Å². The van der Waals surface area contributed by atoms with E-state index in [2.05, 4.69) is 9.52 Å². The minimum Gasteiger partial charge on any atom is -0.461 e. The molecule has 1 aromatic carbocycles. The van der Waals surface area contributed by atoms with E-state index in [1.54, 1.807) is 0 Å². The SMILES string of the molecule is Cn1cc(C[C@@H](N=COP(=O)(O)O)C(=O)OCC(O)CO)c2ccccc21. The van der Waals surface area contributed by atoms with E-state index in [0.717, 1.165) is 16.5 Å². The Hall–Kier alpha value is -2.23. The van der Waals surface area contributed by atoms with Crippen LogP contribution in [0.25, 0.3) is 10.9 Å². The van der Waals surface area contributed by atoms with Crippen LogP contribution in [-0.2, 0) is 32.1 Å². The van der Waals surface area contributed by atoms with Gasteiger partial charge in [0.1, 0.15) is 12.7 Å². The van der Waals surface area contributed by atoms with Gasteiger partial charge in [-0.1, -0.05) is 18.2 Å². The number of hydrogen-bond donors (Lipinski definition) is 4. The molecule has 0 spiro atoms. The molecule has 0 amide bonds. The summed E-state index contributed by atoms with van der Waals surface area (Å²) in [5, 5.41) is 19.0. The Morgan fingerprint density at radius 1 is 1.37 bits per heavy atom. The Morgan fingerprint density at radius 3 is 2.74 bits per heavy atom. The molecule has 1 unspecified atom stereocenters. The number of aliphatic hydroxyl groups is 2. The van der Waals surface area contributed by atoms with Crippen LogP contribution < -0.4 is 0 Å². The van der Waals surface area contributed by atoms with E-state index in [9.17, 15) is 14.5 Å². The number of esters is 1. The number of benzene rings is 1. The monoisotopic (exact) mass is 400 g/mol. The summed E-state index contributed by atoms with van der Waals surface area (Å²) < 4.78 is 21.7. The van der Waals surface area contributed by atoms with Crippen LogP contribution in [0.1, 0.15) is 5.56 Å². The van der Waals surface area contributed by atoms with E-state index >= 15 is 0 Å². The van der Waals surface area contributed by atoms with E-state index in [-0.39, 0.29) is 6.42 Å². The van der Waals surface area contributed by atoms with E-state index < -0.39 is 39.2 Å². The maximum atomic E-state index is 12.3. The Kier molecular flexibility index (Phi) is 7.11. The quantitative estimate of drug-likeness (QED) is 0.201. The minimum atomic E-state index is -4.78. The highest BCUT2D eigenvalue weighted by molar-refractivity contribution is 7.46. The predicted octanol–water partition coefficient (Wildman–Crippen LogP) is 0.123. The summed E-state index contributed by atoms with van der Waals surface area (Å²) in [6, 6.07) is 6.34. The predicted molar refractivity (Wildman–Crippen MR) is 96.1 cm³/mol. The summed E-state index contributed by atoms with van der Waals surface area (Å²) in [7, 11) is -2.94. The summed E-state index contributed by atoms with van der Waals surface area (Å²) in [6.45, 7) is -1.01. The molecule has 0 aliphatic carbocycles. The molecule has 27 heavy (non-hydrogen) atoms. The number of rotatable bonds is 9. The number of aryl methyl sites for hydroxylation is 1. The Morgan fingerprint density at radius 2 is 2.07 bits per heavy atom. The van der Waals surface area contributed by atoms with Gasteiger partial charge in [0.25, 0.3) is 0 Å². The number of carbonyl (C=O) groups is 1. The van der Waals surface area contributed by atoms with Gasteiger partial charge in [0.15, 0.2) is 12.4 Å². The maximum absolute atomic E-state index is 12.3. The van der Waals surface area contributed by atoms with Crippen LogP contribution in [0.4, 0.5) is 0 Å². The molecule has 148 valence electrons. The van der Waals surface area contributed by atoms with Crippen LogP contribution in [0.15, 0.2) is 35.5 Å². The van der Waals surface area contributed by atoms with Gasteiger partial charge in [0.2, 0.25) is 0 Å². The van der Waals surface area contributed by atoms with Gasteiger partial charge in [-0.2, -0.15) is 0 Å². The number of hydrogen-bond acceptors (Lipinski definition) is 7. The molecule has 0 radical (unpaired) electrons. The van der Waals surface area contributed by atoms with Gasteiger partial charge < -0.3 is 24.0 Å². The van der Waals surface area contributed by atoms with Crippen molar-refractivity contribution in [2.24, 2.45) is 12.0 Å². The minimum absolute atomic E-state index is 0.0798. The number of aliphatic imine (C=N–C) groups is 1. The number of phosphoric ester groups is 1. The molecule has 2 atom stereocenters. The lowest BCUT2D eigenvalue weighted by Crippen LogP contribution is -2.29. The van der Waals surface area contributed by atoms with Crippen molar-refractivity contribution in [2.45, 2.75) is 18.6 Å². The standard InChI is InChI=1S/C16H21N2O8P/c1-18-7-11(13-4-2-3-5-15(13)18)6-14(17-10-26-27(22,23)24)16(21)25-9-12(20)8-19/h2-5,7,10,12,14,19-20H,6,8-9H2,1H3,(H2,22,23,24)/t12?,14-/m1/s1. The molecular weight excluding hydrogens is 379 g/mol. The fourth-order valence-corrected chi connectivity index (χ4v) is 2.66. The first-order valence-electron chi connectivity index (χ1n) is 7.95. The van der Waals surface area contributed by atoms with Gasteiger partial charge in [-0.25, -0.2) is 14.4 Å². The molecule has 1 heterocycles. The first-order chi connectivity index (χ1) is 12.7. The number of carbonyl (C=O) groups excluding carboxylic acids is 1. The second-order valence-electron chi connectivity index (χ2n) is 5.82. The van der Waals surface area contributed by atoms with Crippen LogP contribution >= 0.6 is 7.82 Å². The van der Waals surface area contributed by atoms with Crippen molar-refractivity contribution in [2.75, 3.05) is 13.2 Å². The van der Waals surface area contributed by atoms with Crippen molar-refractivity contribution in [3.05, 3.63) is 36.0 Å². The lowest BCUT2D eigenvalue weighted by Gasteiger charge is -2.14. The van der Waals surface area contributed by atoms with Gasteiger partial charge in [0, 0.05) is 30.6 Å². The molecule has 0 aliphatic heterocycles. The summed E-state index contributed by atoms with van der Waals surface area (Å²) in [6.07, 6.45) is 1.17. The second-order valence-corrected chi connectivity index (χ2v) is 7.01. The summed E-state index contributed by atoms with van der Waals surface area (Å²) in [5.41, 5.74) is 1.71. The van der Waals surface area contributed by atoms with Crippen LogP contribution in [0.2, 0.25) is 0 Å². The van der Waals surface area contributed by atoms with Gasteiger partial charge in [0.05, 0.1) is 6.61 Å². The molecule has 2 aromatic rings. The zero-order chi connectivity index (χ0) is 20.0. The van der Waals surface area contributed by atoms with Crippen LogP contribution in [0.5, 0.6) is 0 Å². The summed E-state index contributed by atoms with van der Waals surface area (Å²) >= 11 is 0. The second kappa shape index (κ2) is 9.12. The number of para-hydroxylation sites is 1. The number of nitrogens with zero attached hydrogens (tertiary/aromatic N) is 2. The third-order valence-corrected chi connectivity index (χ3v) is 4.09. The maximum Gasteiger partial charge on any atom is 0.525 e. The first-order valence-corrected chi connectivity index (χ1v) is 9.48. The number of phosphoric acid groups is 1. The topological polar surface area (TPSA) is 151 Å². The van der Waals surface area contributed by atoms with Crippen LogP contribution in [0, 0.1) is 0 Å². The molecule has 0 fully saturated rings. The molecular formula is C16H21N2O8P. The molecule has 10 nitrogen and oxygen atoms in total. The number of aliphatic hydroxyl groups excluding tert-OH is 2. The number of fused-ring (bicyclic) bond motifs is 1. The molecule has 0 aliphatic rings. The van der Waals surface area contributed by atoms with E-state index in [1.807, 2.05) is 42.1 Å². The molecule has 0 saturated carbocycles. The zero-order valence-electron chi connectivity index (χ0n) is 14.5. The van der Waals surface area contributed by atoms with Crippen LogP contribution in [-0.4, -0.2) is 62.3 Å². The number of ether oxygens (including phenoxy) is 1. The Labute approximate surface area is 154 Å². The fourth-order valence-electron chi connectivity index (χ4n) is 2.48. The molecule has 1 aromatic heterocycles. The molecule has 0 bridgehead atoms. The molecule has 0 saturated heterocycles. The summed E-state index contributed by atoms with van der Waals surface area (Å²) in [5.74, 6) is -0.832. The fraction of sp³-hybridized carbons (Fsp3) is 0.375. The number of aromatic nitrogens is 1. The normalized spacial score (nSPS) is 14.4. The molecule has 4 N–H and O–H groups in total. The lowest BCUT2D eigenvalue weighted by molar-refractivity contribution is -0.148. The van der Waals surface area contributed by atoms with Crippen LogP contribution in [0.3, 0.4) is 0 Å². The highest BCUT2D eigenvalue weighted by Gasteiger charge is 2.23. The highest BCUT2D eigenvalue weighted by atomic mass is 31.2. The van der Waals surface area contributed by atoms with E-state index in [0.29, 0.717) is 6.40 Å². The lowest BCUT2D eigenvalue weighted by atomic mass is 10.1. The highest BCUT2D eigenvalue weighted by Crippen LogP contribution is 2.34. The summed E-state index contributed by atoms with van der Waals surface area (Å²) in [4.78, 5) is 33.5. The van der Waals surface area contributed by atoms with Gasteiger partial charge in [-0.3, -0.25) is 9.79 Å². The van der Waals surface area contributed by atoms with Crippen molar-refractivity contribution in [1.82, 2.24) is 4.57 Å². The first kappa shape index (κ1) is 21.1. The third kappa shape index (κ3) is 6.16. The molecule has 2 rings (SSSR count). The smallest absolute Gasteiger partial charge is 0.461 e. The van der Waals surface area contributed by atoms with E-state index in [4.69, 9.17) is 19.6 Å². The largest absolute Gasteiger partial charge is 0.525 e. The average Bonchev–Trinajstić information content (AvgIpc) is 2.93. The van der Waals surface area contributed by atoms with Gasteiger partial charge in [-0.05, 0) is 11.6 Å². The Bertz CT molecular complexity index is 859. The molecule has 11 heteroatoms. The van der Waals surface area contributed by atoms with Crippen molar-refractivity contribution >= 4 is 31.1 Å². The van der Waals surface area contributed by atoms with Gasteiger partial charge in [-0.15, -0.1) is 0 Å². The zero-order valence-corrected chi connectivity index (χ0v) is 15.4. The third-order valence-electron chi connectivity index (χ3n) is 3.72. The Balaban J connectivity index is 2.22.